The van der Waals surface area contributed by atoms with Crippen molar-refractivity contribution in [2.45, 2.75) is 33.1 Å². The first kappa shape index (κ1) is 12.7. The summed E-state index contributed by atoms with van der Waals surface area (Å²) < 4.78 is 1.98. The Balaban J connectivity index is 2.47. The van der Waals surface area contributed by atoms with Crippen LogP contribution in [0.3, 0.4) is 0 Å². The van der Waals surface area contributed by atoms with Gasteiger partial charge in [0.1, 0.15) is 17.3 Å². The van der Waals surface area contributed by atoms with Crippen LogP contribution in [0.4, 0.5) is 5.82 Å². The summed E-state index contributed by atoms with van der Waals surface area (Å²) in [5.74, 6) is 2.14. The number of imidazole rings is 1. The fraction of sp³-hybridized carbons (Fsp3) is 0.400. The number of hydrogen-bond donors (Lipinski definition) is 1. The fourth-order valence-electron chi connectivity index (χ4n) is 2.16. The van der Waals surface area contributed by atoms with E-state index in [2.05, 4.69) is 50.0 Å². The summed E-state index contributed by atoms with van der Waals surface area (Å²) in [5, 5.41) is 0. The maximum atomic E-state index is 6.14. The summed E-state index contributed by atoms with van der Waals surface area (Å²) in [4.78, 5) is 4.67. The van der Waals surface area contributed by atoms with Crippen LogP contribution in [-0.2, 0) is 13.5 Å². The zero-order valence-corrected chi connectivity index (χ0v) is 11.6. The molecule has 0 bridgehead atoms. The quantitative estimate of drug-likeness (QED) is 0.898. The number of hydrogen-bond acceptors (Lipinski definition) is 2. The van der Waals surface area contributed by atoms with Gasteiger partial charge in [-0.25, -0.2) is 4.98 Å². The van der Waals surface area contributed by atoms with Gasteiger partial charge in [-0.1, -0.05) is 45.0 Å². The lowest BCUT2D eigenvalue weighted by Gasteiger charge is -2.04. The van der Waals surface area contributed by atoms with Crippen molar-refractivity contribution in [3.63, 3.8) is 0 Å². The molecule has 0 saturated carbocycles. The summed E-state index contributed by atoms with van der Waals surface area (Å²) in [7, 11) is 1.97. The second kappa shape index (κ2) is 4.84. The van der Waals surface area contributed by atoms with E-state index in [1.165, 1.54) is 5.56 Å². The van der Waals surface area contributed by atoms with Crippen LogP contribution in [0.15, 0.2) is 24.3 Å². The van der Waals surface area contributed by atoms with Gasteiger partial charge in [-0.2, -0.15) is 0 Å². The summed E-state index contributed by atoms with van der Waals surface area (Å²) in [6.45, 7) is 6.42. The molecule has 0 amide bonds. The molecule has 0 aliphatic heterocycles. The predicted octanol–water partition coefficient (Wildman–Crippen LogP) is 3.36. The molecule has 0 unspecified atom stereocenters. The van der Waals surface area contributed by atoms with E-state index >= 15 is 0 Å². The van der Waals surface area contributed by atoms with Crippen molar-refractivity contribution in [1.82, 2.24) is 9.55 Å². The average molecular weight is 243 g/mol. The highest BCUT2D eigenvalue weighted by molar-refractivity contribution is 5.71. The van der Waals surface area contributed by atoms with Gasteiger partial charge in [0.15, 0.2) is 0 Å². The number of rotatable bonds is 3. The molecule has 18 heavy (non-hydrogen) atoms. The first-order valence-electron chi connectivity index (χ1n) is 6.46. The molecule has 0 atom stereocenters. The monoisotopic (exact) mass is 243 g/mol. The Bertz CT molecular complexity index is 536. The van der Waals surface area contributed by atoms with Gasteiger partial charge in [-0.3, -0.25) is 0 Å². The molecule has 0 fully saturated rings. The average Bonchev–Trinajstić information content (AvgIpc) is 2.67. The van der Waals surface area contributed by atoms with Crippen molar-refractivity contribution in [1.29, 1.82) is 0 Å². The van der Waals surface area contributed by atoms with Gasteiger partial charge in [0.05, 0.1) is 0 Å². The first-order valence-corrected chi connectivity index (χ1v) is 6.46. The Labute approximate surface area is 109 Å². The molecule has 3 heteroatoms. The third-order valence-corrected chi connectivity index (χ3v) is 3.33. The molecule has 3 nitrogen and oxygen atoms in total. The van der Waals surface area contributed by atoms with Crippen molar-refractivity contribution in [3.05, 3.63) is 35.7 Å². The van der Waals surface area contributed by atoms with E-state index in [4.69, 9.17) is 5.73 Å². The number of nitrogens with zero attached hydrogens (tertiary/aromatic N) is 2. The molecular formula is C15H21N3. The minimum absolute atomic E-state index is 0.376. The van der Waals surface area contributed by atoms with Crippen LogP contribution in [0.2, 0.25) is 0 Å². The second-order valence-electron chi connectivity index (χ2n) is 4.97. The molecule has 0 radical (unpaired) electrons. The number of nitrogens with two attached hydrogens (primary N) is 1. The Morgan fingerprint density at radius 2 is 1.83 bits per heavy atom. The van der Waals surface area contributed by atoms with Gasteiger partial charge in [0, 0.05) is 18.5 Å². The van der Waals surface area contributed by atoms with Crippen LogP contribution in [0, 0.1) is 0 Å². The smallest absolute Gasteiger partial charge is 0.131 e. The van der Waals surface area contributed by atoms with Gasteiger partial charge in [0.2, 0.25) is 0 Å². The number of aromatic nitrogens is 2. The first-order chi connectivity index (χ1) is 8.54. The van der Waals surface area contributed by atoms with Crippen LogP contribution in [0.5, 0.6) is 0 Å². The highest BCUT2D eigenvalue weighted by Gasteiger charge is 2.15. The van der Waals surface area contributed by atoms with E-state index in [1.54, 1.807) is 0 Å². The van der Waals surface area contributed by atoms with Gasteiger partial charge in [-0.15, -0.1) is 0 Å². The molecule has 96 valence electrons. The minimum Gasteiger partial charge on any atom is -0.383 e. The van der Waals surface area contributed by atoms with E-state index in [1.807, 2.05) is 11.6 Å². The molecule has 0 spiro atoms. The van der Waals surface area contributed by atoms with Crippen LogP contribution in [-0.4, -0.2) is 9.55 Å². The Hall–Kier alpha value is -1.77. The summed E-state index contributed by atoms with van der Waals surface area (Å²) in [5.41, 5.74) is 9.46. The summed E-state index contributed by atoms with van der Waals surface area (Å²) in [6, 6.07) is 8.47. The third-order valence-electron chi connectivity index (χ3n) is 3.33. The fourth-order valence-corrected chi connectivity index (χ4v) is 2.16. The molecule has 1 heterocycles. The van der Waals surface area contributed by atoms with E-state index in [9.17, 15) is 0 Å². The standard InChI is InChI=1S/C15H21N3/c1-5-11-6-8-12(9-7-11)13-14(16)18(4)15(17-13)10(2)3/h6-10H,5,16H2,1-4H3. The lowest BCUT2D eigenvalue weighted by atomic mass is 10.1. The number of nitrogen functional groups attached to an aromatic ring is 1. The van der Waals surface area contributed by atoms with Crippen molar-refractivity contribution < 1.29 is 0 Å². The SMILES string of the molecule is CCc1ccc(-c2nc(C(C)C)n(C)c2N)cc1. The number of anilines is 1. The van der Waals surface area contributed by atoms with E-state index in [-0.39, 0.29) is 0 Å². The number of benzene rings is 1. The normalized spacial score (nSPS) is 11.2. The Morgan fingerprint density at radius 3 is 2.28 bits per heavy atom. The van der Waals surface area contributed by atoms with Crippen molar-refractivity contribution in [2.75, 3.05) is 5.73 Å². The maximum Gasteiger partial charge on any atom is 0.131 e. The zero-order valence-electron chi connectivity index (χ0n) is 11.6. The molecular weight excluding hydrogens is 222 g/mol. The molecule has 2 N–H and O–H groups in total. The van der Waals surface area contributed by atoms with Crippen molar-refractivity contribution >= 4 is 5.82 Å². The van der Waals surface area contributed by atoms with Crippen LogP contribution >= 0.6 is 0 Å². The molecule has 0 aliphatic rings. The van der Waals surface area contributed by atoms with E-state index in [0.29, 0.717) is 5.92 Å². The van der Waals surface area contributed by atoms with Crippen molar-refractivity contribution in [3.8, 4) is 11.3 Å². The summed E-state index contributed by atoms with van der Waals surface area (Å²) in [6.07, 6.45) is 1.05. The molecule has 1 aromatic heterocycles. The molecule has 0 aliphatic carbocycles. The van der Waals surface area contributed by atoms with Gasteiger partial charge in [-0.05, 0) is 12.0 Å². The van der Waals surface area contributed by atoms with Gasteiger partial charge in [0.25, 0.3) is 0 Å². The maximum absolute atomic E-state index is 6.14. The van der Waals surface area contributed by atoms with Crippen LogP contribution < -0.4 is 5.73 Å². The Morgan fingerprint density at radius 1 is 1.22 bits per heavy atom. The minimum atomic E-state index is 0.376. The lowest BCUT2D eigenvalue weighted by Crippen LogP contribution is -2.02. The second-order valence-corrected chi connectivity index (χ2v) is 4.97. The predicted molar refractivity (Wildman–Crippen MR) is 76.5 cm³/mol. The molecule has 2 aromatic rings. The van der Waals surface area contributed by atoms with Gasteiger partial charge < -0.3 is 10.3 Å². The Kier molecular flexibility index (Phi) is 3.41. The zero-order chi connectivity index (χ0) is 13.3. The number of aryl methyl sites for hydroxylation is 1. The summed E-state index contributed by atoms with van der Waals surface area (Å²) >= 11 is 0. The van der Waals surface area contributed by atoms with Crippen LogP contribution in [0.1, 0.15) is 38.1 Å². The van der Waals surface area contributed by atoms with Gasteiger partial charge >= 0.3 is 0 Å². The lowest BCUT2D eigenvalue weighted by molar-refractivity contribution is 0.715. The molecule has 0 saturated heterocycles. The third kappa shape index (κ3) is 2.13. The van der Waals surface area contributed by atoms with Crippen molar-refractivity contribution in [2.24, 2.45) is 7.05 Å². The van der Waals surface area contributed by atoms with E-state index < -0.39 is 0 Å². The molecule has 1 aromatic carbocycles. The topological polar surface area (TPSA) is 43.8 Å². The largest absolute Gasteiger partial charge is 0.383 e. The molecule has 2 rings (SSSR count). The van der Waals surface area contributed by atoms with Crippen LogP contribution in [0.25, 0.3) is 11.3 Å². The highest BCUT2D eigenvalue weighted by atomic mass is 15.1. The highest BCUT2D eigenvalue weighted by Crippen LogP contribution is 2.28. The van der Waals surface area contributed by atoms with E-state index in [0.717, 1.165) is 29.3 Å².